The molecule has 1 atom stereocenters. The number of halogens is 1. The maximum absolute atomic E-state index is 12.5. The topological polar surface area (TPSA) is 125 Å². The van der Waals surface area contributed by atoms with E-state index in [1.165, 1.54) is 41.8 Å². The molecule has 1 aromatic heterocycles. The quantitative estimate of drug-likeness (QED) is 0.399. The maximum atomic E-state index is 12.5. The molecular weight excluding hydrogens is 448 g/mol. The van der Waals surface area contributed by atoms with Crippen molar-refractivity contribution in [2.45, 2.75) is 26.0 Å². The standard InChI is InChI=1S/C20H19ClN2O7S/c1-12(19(25)13-3-6-15(7-4-13)22-31(2,27)28)29-18(24)9-10-23-16-8-5-14(21)11-17(16)30-20(23)26/h3-8,11-12,22H,9-10H2,1-2H3/t12-/m1/s1. The summed E-state index contributed by atoms with van der Waals surface area (Å²) < 4.78 is 36.3. The Balaban J connectivity index is 1.60. The van der Waals surface area contributed by atoms with Crippen molar-refractivity contribution < 1.29 is 27.2 Å². The van der Waals surface area contributed by atoms with E-state index in [0.29, 0.717) is 21.8 Å². The highest BCUT2D eigenvalue weighted by atomic mass is 35.5. The van der Waals surface area contributed by atoms with Gasteiger partial charge < -0.3 is 9.15 Å². The van der Waals surface area contributed by atoms with Crippen LogP contribution in [0, 0.1) is 0 Å². The molecule has 0 aliphatic heterocycles. The van der Waals surface area contributed by atoms with Crippen molar-refractivity contribution in [1.82, 2.24) is 4.57 Å². The number of fused-ring (bicyclic) bond motifs is 1. The zero-order valence-electron chi connectivity index (χ0n) is 16.6. The summed E-state index contributed by atoms with van der Waals surface area (Å²) in [6, 6.07) is 10.5. The molecule has 9 nitrogen and oxygen atoms in total. The lowest BCUT2D eigenvalue weighted by atomic mass is 10.1. The van der Waals surface area contributed by atoms with Crippen LogP contribution in [0.25, 0.3) is 11.1 Å². The predicted octanol–water partition coefficient (Wildman–Crippen LogP) is 2.82. The number of carbonyl (C=O) groups excluding carboxylic acids is 2. The molecule has 31 heavy (non-hydrogen) atoms. The number of esters is 1. The number of aromatic nitrogens is 1. The Morgan fingerprint density at radius 1 is 1.19 bits per heavy atom. The number of hydrogen-bond acceptors (Lipinski definition) is 7. The Hall–Kier alpha value is -3.11. The summed E-state index contributed by atoms with van der Waals surface area (Å²) in [6.07, 6.45) is -0.187. The molecule has 0 unspecified atom stereocenters. The fourth-order valence-corrected chi connectivity index (χ4v) is 3.64. The lowest BCUT2D eigenvalue weighted by Gasteiger charge is -2.13. The fourth-order valence-electron chi connectivity index (χ4n) is 2.92. The van der Waals surface area contributed by atoms with Crippen LogP contribution in [0.5, 0.6) is 0 Å². The van der Waals surface area contributed by atoms with Gasteiger partial charge in [-0.2, -0.15) is 0 Å². The molecule has 3 rings (SSSR count). The van der Waals surface area contributed by atoms with Crippen LogP contribution in [0.15, 0.2) is 51.7 Å². The smallest absolute Gasteiger partial charge is 0.419 e. The predicted molar refractivity (Wildman–Crippen MR) is 115 cm³/mol. The highest BCUT2D eigenvalue weighted by Crippen LogP contribution is 2.19. The lowest BCUT2D eigenvalue weighted by Crippen LogP contribution is -2.25. The number of carbonyl (C=O) groups is 2. The van der Waals surface area contributed by atoms with E-state index in [9.17, 15) is 22.8 Å². The first kappa shape index (κ1) is 22.6. The molecule has 1 N–H and O–H groups in total. The number of anilines is 1. The molecule has 0 radical (unpaired) electrons. The van der Waals surface area contributed by atoms with Crippen molar-refractivity contribution in [3.8, 4) is 0 Å². The molecule has 0 aliphatic carbocycles. The number of hydrogen-bond donors (Lipinski definition) is 1. The van der Waals surface area contributed by atoms with E-state index in [4.69, 9.17) is 20.8 Å². The van der Waals surface area contributed by atoms with Crippen molar-refractivity contribution in [2.24, 2.45) is 0 Å². The van der Waals surface area contributed by atoms with Gasteiger partial charge in [-0.25, -0.2) is 13.2 Å². The van der Waals surface area contributed by atoms with E-state index in [1.807, 2.05) is 0 Å². The van der Waals surface area contributed by atoms with Crippen molar-refractivity contribution in [3.63, 3.8) is 0 Å². The largest absolute Gasteiger partial charge is 0.454 e. The second kappa shape index (κ2) is 8.94. The van der Waals surface area contributed by atoms with Crippen LogP contribution in [0.1, 0.15) is 23.7 Å². The number of benzene rings is 2. The van der Waals surface area contributed by atoms with E-state index in [1.54, 1.807) is 12.1 Å². The number of nitrogens with one attached hydrogen (secondary N) is 1. The summed E-state index contributed by atoms with van der Waals surface area (Å²) in [5, 5.41) is 0.417. The van der Waals surface area contributed by atoms with Crippen LogP contribution in [0.4, 0.5) is 5.69 Å². The van der Waals surface area contributed by atoms with Crippen LogP contribution in [0.2, 0.25) is 5.02 Å². The van der Waals surface area contributed by atoms with Gasteiger partial charge in [-0.15, -0.1) is 0 Å². The molecule has 2 aromatic carbocycles. The number of sulfonamides is 1. The monoisotopic (exact) mass is 466 g/mol. The molecule has 1 heterocycles. The first-order valence-electron chi connectivity index (χ1n) is 9.14. The minimum atomic E-state index is -3.43. The number of oxazole rings is 1. The number of ketones is 1. The molecule has 0 aliphatic rings. The van der Waals surface area contributed by atoms with Gasteiger partial charge in [0.2, 0.25) is 15.8 Å². The molecule has 0 saturated carbocycles. The Morgan fingerprint density at radius 2 is 1.87 bits per heavy atom. The summed E-state index contributed by atoms with van der Waals surface area (Å²) in [5.74, 6) is -1.73. The van der Waals surface area contributed by atoms with Gasteiger partial charge in [-0.3, -0.25) is 18.9 Å². The van der Waals surface area contributed by atoms with Gasteiger partial charge in [0, 0.05) is 28.9 Å². The van der Waals surface area contributed by atoms with Crippen LogP contribution < -0.4 is 10.5 Å². The molecule has 0 saturated heterocycles. The molecular formula is C20H19ClN2O7S. The van der Waals surface area contributed by atoms with E-state index >= 15 is 0 Å². The number of aryl methyl sites for hydroxylation is 1. The average molecular weight is 467 g/mol. The van der Waals surface area contributed by atoms with Crippen LogP contribution in [0.3, 0.4) is 0 Å². The second-order valence-electron chi connectivity index (χ2n) is 6.83. The zero-order valence-corrected chi connectivity index (χ0v) is 18.2. The van der Waals surface area contributed by atoms with Gasteiger partial charge in [0.05, 0.1) is 18.2 Å². The SMILES string of the molecule is C[C@@H](OC(=O)CCn1c(=O)oc2cc(Cl)ccc21)C(=O)c1ccc(NS(C)(=O)=O)cc1. The lowest BCUT2D eigenvalue weighted by molar-refractivity contribution is -0.146. The normalized spacial score (nSPS) is 12.5. The summed E-state index contributed by atoms with van der Waals surface area (Å²) in [7, 11) is -3.43. The van der Waals surface area contributed by atoms with Gasteiger partial charge in [0.15, 0.2) is 11.7 Å². The van der Waals surface area contributed by atoms with E-state index < -0.39 is 33.6 Å². The molecule has 164 valence electrons. The first-order valence-corrected chi connectivity index (χ1v) is 11.4. The highest BCUT2D eigenvalue weighted by molar-refractivity contribution is 7.92. The van der Waals surface area contributed by atoms with Gasteiger partial charge in [-0.1, -0.05) is 11.6 Å². The number of nitrogens with zero attached hydrogens (tertiary/aromatic N) is 1. The maximum Gasteiger partial charge on any atom is 0.419 e. The number of ether oxygens (including phenoxy) is 1. The Labute approximate surface area is 182 Å². The third-order valence-electron chi connectivity index (χ3n) is 4.32. The number of rotatable bonds is 8. The zero-order chi connectivity index (χ0) is 22.8. The molecule has 0 spiro atoms. The van der Waals surface area contributed by atoms with Crippen LogP contribution in [-0.2, 0) is 26.1 Å². The van der Waals surface area contributed by atoms with E-state index in [2.05, 4.69) is 4.72 Å². The molecule has 0 bridgehead atoms. The third-order valence-corrected chi connectivity index (χ3v) is 5.16. The molecule has 0 amide bonds. The van der Waals surface area contributed by atoms with Gasteiger partial charge in [-0.05, 0) is 43.3 Å². The van der Waals surface area contributed by atoms with E-state index in [0.717, 1.165) is 6.26 Å². The molecule has 0 fully saturated rings. The van der Waals surface area contributed by atoms with Crippen molar-refractivity contribution >= 4 is 50.2 Å². The highest BCUT2D eigenvalue weighted by Gasteiger charge is 2.20. The summed E-state index contributed by atoms with van der Waals surface area (Å²) in [6.45, 7) is 1.45. The van der Waals surface area contributed by atoms with Crippen molar-refractivity contribution in [2.75, 3.05) is 11.0 Å². The minimum absolute atomic E-state index is 0.0130. The average Bonchev–Trinajstić information content (AvgIpc) is 2.99. The Morgan fingerprint density at radius 3 is 2.52 bits per heavy atom. The minimum Gasteiger partial charge on any atom is -0.454 e. The Bertz CT molecular complexity index is 1290. The summed E-state index contributed by atoms with van der Waals surface area (Å²) >= 11 is 5.87. The summed E-state index contributed by atoms with van der Waals surface area (Å²) in [5.41, 5.74) is 1.37. The fraction of sp³-hybridized carbons (Fsp3) is 0.250. The van der Waals surface area contributed by atoms with Gasteiger partial charge in [0.25, 0.3) is 0 Å². The second-order valence-corrected chi connectivity index (χ2v) is 9.01. The number of Topliss-reactive ketones (excluding diaryl/α,β-unsaturated/α-hetero) is 1. The third kappa shape index (κ3) is 5.74. The molecule has 11 heteroatoms. The molecule has 3 aromatic rings. The van der Waals surface area contributed by atoms with Crippen molar-refractivity contribution in [1.29, 1.82) is 0 Å². The van der Waals surface area contributed by atoms with E-state index in [-0.39, 0.29) is 18.5 Å². The van der Waals surface area contributed by atoms with Crippen LogP contribution >= 0.6 is 11.6 Å². The van der Waals surface area contributed by atoms with Gasteiger partial charge >= 0.3 is 11.7 Å². The van der Waals surface area contributed by atoms with Crippen molar-refractivity contribution in [3.05, 3.63) is 63.6 Å². The Kier molecular flexibility index (Phi) is 6.51. The summed E-state index contributed by atoms with van der Waals surface area (Å²) in [4.78, 5) is 36.6. The first-order chi connectivity index (χ1) is 14.5. The van der Waals surface area contributed by atoms with Gasteiger partial charge in [0.1, 0.15) is 0 Å². The van der Waals surface area contributed by atoms with Crippen LogP contribution in [-0.4, -0.2) is 37.1 Å².